The van der Waals surface area contributed by atoms with Gasteiger partial charge in [0.25, 0.3) is 0 Å². The van der Waals surface area contributed by atoms with Crippen molar-refractivity contribution in [2.45, 2.75) is 46.1 Å². The number of amides is 1. The average Bonchev–Trinajstić information content (AvgIpc) is 2.95. The maximum absolute atomic E-state index is 13.1. The Morgan fingerprint density at radius 3 is 2.80 bits per heavy atom. The molecular formula is C27H37N3O5. The maximum atomic E-state index is 13.1. The Morgan fingerprint density at radius 2 is 2.06 bits per heavy atom. The van der Waals surface area contributed by atoms with Crippen LogP contribution < -0.4 is 10.1 Å². The molecule has 1 atom stereocenters. The van der Waals surface area contributed by atoms with Gasteiger partial charge in [-0.15, -0.1) is 0 Å². The number of hydrogen-bond donors (Lipinski definition) is 2. The molecule has 0 bridgehead atoms. The maximum Gasteiger partial charge on any atom is 0.304 e. The highest BCUT2D eigenvalue weighted by molar-refractivity contribution is 5.84. The SMILES string of the molecule is CC(C)CCOCCN1Cc2cc(OCCCNc3ccccn3)ccc2C[C@@H](CC(=O)O)C1=O. The van der Waals surface area contributed by atoms with Crippen molar-refractivity contribution < 1.29 is 24.2 Å². The molecule has 1 aliphatic heterocycles. The molecule has 8 heteroatoms. The van der Waals surface area contributed by atoms with Gasteiger partial charge in [0.1, 0.15) is 11.6 Å². The number of carbonyl (C=O) groups is 2. The van der Waals surface area contributed by atoms with Crippen molar-refractivity contribution in [1.82, 2.24) is 9.88 Å². The number of hydrogen-bond acceptors (Lipinski definition) is 6. The number of nitrogens with zero attached hydrogens (tertiary/aromatic N) is 2. The number of anilines is 1. The van der Waals surface area contributed by atoms with E-state index in [4.69, 9.17) is 9.47 Å². The zero-order valence-corrected chi connectivity index (χ0v) is 20.7. The summed E-state index contributed by atoms with van der Waals surface area (Å²) in [5.74, 6) is 0.489. The fourth-order valence-corrected chi connectivity index (χ4v) is 4.03. The molecular weight excluding hydrogens is 446 g/mol. The highest BCUT2D eigenvalue weighted by Gasteiger charge is 2.31. The van der Waals surface area contributed by atoms with E-state index in [1.165, 1.54) is 0 Å². The van der Waals surface area contributed by atoms with Gasteiger partial charge in [-0.05, 0) is 60.6 Å². The van der Waals surface area contributed by atoms with Crippen molar-refractivity contribution in [3.05, 3.63) is 53.7 Å². The molecule has 35 heavy (non-hydrogen) atoms. The summed E-state index contributed by atoms with van der Waals surface area (Å²) in [7, 11) is 0. The molecule has 1 aliphatic rings. The van der Waals surface area contributed by atoms with Crippen LogP contribution in [0.3, 0.4) is 0 Å². The number of pyridine rings is 1. The summed E-state index contributed by atoms with van der Waals surface area (Å²) in [6.45, 7) is 7.55. The molecule has 0 unspecified atom stereocenters. The van der Waals surface area contributed by atoms with Gasteiger partial charge in [0.15, 0.2) is 0 Å². The smallest absolute Gasteiger partial charge is 0.304 e. The molecule has 0 saturated heterocycles. The van der Waals surface area contributed by atoms with Crippen molar-refractivity contribution in [3.63, 3.8) is 0 Å². The zero-order chi connectivity index (χ0) is 25.0. The molecule has 8 nitrogen and oxygen atoms in total. The second-order valence-electron chi connectivity index (χ2n) is 9.33. The largest absolute Gasteiger partial charge is 0.494 e. The van der Waals surface area contributed by atoms with Crippen molar-refractivity contribution >= 4 is 17.7 Å². The summed E-state index contributed by atoms with van der Waals surface area (Å²) in [6, 6.07) is 11.6. The van der Waals surface area contributed by atoms with Crippen LogP contribution in [0.4, 0.5) is 5.82 Å². The van der Waals surface area contributed by atoms with E-state index in [1.54, 1.807) is 11.1 Å². The lowest BCUT2D eigenvalue weighted by molar-refractivity contribution is -0.145. The minimum Gasteiger partial charge on any atom is -0.494 e. The number of fused-ring (bicyclic) bond motifs is 1. The van der Waals surface area contributed by atoms with Gasteiger partial charge in [-0.3, -0.25) is 9.59 Å². The summed E-state index contributed by atoms with van der Waals surface area (Å²) < 4.78 is 11.7. The van der Waals surface area contributed by atoms with Gasteiger partial charge in [-0.25, -0.2) is 4.98 Å². The van der Waals surface area contributed by atoms with E-state index in [9.17, 15) is 14.7 Å². The highest BCUT2D eigenvalue weighted by Crippen LogP contribution is 2.28. The fourth-order valence-electron chi connectivity index (χ4n) is 4.03. The standard InChI is InChI=1S/C27H37N3O5/c1-20(2)9-14-34-15-12-30-19-23-17-24(35-13-5-11-29-25-6-3-4-10-28-25)8-7-21(23)16-22(27(30)33)18-26(31)32/h3-4,6-8,10,17,20,22H,5,9,11-16,18-19H2,1-2H3,(H,28,29)(H,31,32)/t22-/m0/s1. The highest BCUT2D eigenvalue weighted by atomic mass is 16.5. The Labute approximate surface area is 207 Å². The molecule has 3 rings (SSSR count). The summed E-state index contributed by atoms with van der Waals surface area (Å²) in [5.41, 5.74) is 1.99. The monoisotopic (exact) mass is 483 g/mol. The number of rotatable bonds is 14. The molecule has 1 aromatic carbocycles. The van der Waals surface area contributed by atoms with Gasteiger partial charge in [0.2, 0.25) is 5.91 Å². The molecule has 1 aromatic heterocycles. The van der Waals surface area contributed by atoms with Gasteiger partial charge in [0.05, 0.1) is 25.6 Å². The van der Waals surface area contributed by atoms with Crippen molar-refractivity contribution in [2.75, 3.05) is 38.2 Å². The van der Waals surface area contributed by atoms with Gasteiger partial charge in [-0.2, -0.15) is 0 Å². The van der Waals surface area contributed by atoms with E-state index in [0.29, 0.717) is 45.2 Å². The summed E-state index contributed by atoms with van der Waals surface area (Å²) in [6.07, 6.45) is 3.77. The molecule has 0 fully saturated rings. The topological polar surface area (TPSA) is 101 Å². The van der Waals surface area contributed by atoms with Crippen LogP contribution in [-0.2, 0) is 27.3 Å². The van der Waals surface area contributed by atoms with Crippen LogP contribution in [0.25, 0.3) is 0 Å². The van der Waals surface area contributed by atoms with Crippen LogP contribution in [0.1, 0.15) is 44.2 Å². The Morgan fingerprint density at radius 1 is 1.20 bits per heavy atom. The van der Waals surface area contributed by atoms with E-state index in [2.05, 4.69) is 24.1 Å². The molecule has 0 saturated carbocycles. The van der Waals surface area contributed by atoms with E-state index < -0.39 is 11.9 Å². The van der Waals surface area contributed by atoms with Crippen LogP contribution in [-0.4, -0.2) is 59.8 Å². The predicted molar refractivity (Wildman–Crippen MR) is 134 cm³/mol. The number of aromatic nitrogens is 1. The molecule has 1 amide bonds. The molecule has 2 heterocycles. The first-order valence-electron chi connectivity index (χ1n) is 12.4. The zero-order valence-electron chi connectivity index (χ0n) is 20.7. The lowest BCUT2D eigenvalue weighted by Crippen LogP contribution is -2.37. The number of aliphatic carboxylic acids is 1. The third-order valence-corrected chi connectivity index (χ3v) is 5.99. The van der Waals surface area contributed by atoms with Crippen molar-refractivity contribution in [1.29, 1.82) is 0 Å². The number of ether oxygens (including phenoxy) is 2. The predicted octanol–water partition coefficient (Wildman–Crippen LogP) is 4.00. The van der Waals surface area contributed by atoms with E-state index in [-0.39, 0.29) is 12.3 Å². The van der Waals surface area contributed by atoms with E-state index in [1.807, 2.05) is 36.4 Å². The van der Waals surface area contributed by atoms with Crippen molar-refractivity contribution in [3.8, 4) is 5.75 Å². The Hall–Kier alpha value is -3.13. The first-order valence-corrected chi connectivity index (χ1v) is 12.4. The summed E-state index contributed by atoms with van der Waals surface area (Å²) in [5, 5.41) is 12.6. The van der Waals surface area contributed by atoms with Gasteiger partial charge in [-0.1, -0.05) is 26.0 Å². The molecule has 0 spiro atoms. The first kappa shape index (κ1) is 26.5. The van der Waals surface area contributed by atoms with Crippen LogP contribution >= 0.6 is 0 Å². The minimum absolute atomic E-state index is 0.126. The van der Waals surface area contributed by atoms with Crippen molar-refractivity contribution in [2.24, 2.45) is 11.8 Å². The number of nitrogens with one attached hydrogen (secondary N) is 1. The quantitative estimate of drug-likeness (QED) is 0.392. The van der Waals surface area contributed by atoms with E-state index >= 15 is 0 Å². The third-order valence-electron chi connectivity index (χ3n) is 5.99. The van der Waals surface area contributed by atoms with Crippen LogP contribution in [0.2, 0.25) is 0 Å². The molecule has 190 valence electrons. The molecule has 2 N–H and O–H groups in total. The number of carbonyl (C=O) groups excluding carboxylic acids is 1. The third kappa shape index (κ3) is 8.87. The molecule has 0 aliphatic carbocycles. The summed E-state index contributed by atoms with van der Waals surface area (Å²) in [4.78, 5) is 30.5. The number of carboxylic acid groups (broad SMARTS) is 1. The van der Waals surface area contributed by atoms with Gasteiger partial charge < -0.3 is 24.8 Å². The normalized spacial score (nSPS) is 15.6. The molecule has 2 aromatic rings. The van der Waals surface area contributed by atoms with E-state index in [0.717, 1.165) is 42.1 Å². The van der Waals surface area contributed by atoms with Crippen LogP contribution in [0, 0.1) is 11.8 Å². The fraction of sp³-hybridized carbons (Fsp3) is 0.519. The Bertz CT molecular complexity index is 951. The number of benzene rings is 1. The molecule has 0 radical (unpaired) electrons. The minimum atomic E-state index is -0.959. The lowest BCUT2D eigenvalue weighted by atomic mass is 9.94. The second kappa shape index (κ2) is 13.7. The Kier molecular flexibility index (Phi) is 10.3. The number of carboxylic acids is 1. The van der Waals surface area contributed by atoms with Crippen LogP contribution in [0.5, 0.6) is 5.75 Å². The second-order valence-corrected chi connectivity index (χ2v) is 9.33. The van der Waals surface area contributed by atoms with Crippen LogP contribution in [0.15, 0.2) is 42.6 Å². The van der Waals surface area contributed by atoms with Gasteiger partial charge in [0, 0.05) is 32.4 Å². The average molecular weight is 484 g/mol. The van der Waals surface area contributed by atoms with Gasteiger partial charge >= 0.3 is 5.97 Å². The summed E-state index contributed by atoms with van der Waals surface area (Å²) >= 11 is 0. The lowest BCUT2D eigenvalue weighted by Gasteiger charge is -2.24. The first-order chi connectivity index (χ1) is 16.9. The Balaban J connectivity index is 1.58.